The molecule has 0 aromatic rings. The van der Waals surface area contributed by atoms with E-state index >= 15 is 0 Å². The van der Waals surface area contributed by atoms with Crippen molar-refractivity contribution in [2.75, 3.05) is 19.6 Å². The van der Waals surface area contributed by atoms with Gasteiger partial charge in [-0.3, -0.25) is 0 Å². The fraction of sp³-hybridized carbons (Fsp3) is 1.00. The predicted molar refractivity (Wildman–Crippen MR) is 194 cm³/mol. The second-order valence-corrected chi connectivity index (χ2v) is 20.8. The van der Waals surface area contributed by atoms with Gasteiger partial charge in [-0.15, -0.1) is 0 Å². The Kier molecular flexibility index (Phi) is 35.4. The summed E-state index contributed by atoms with van der Waals surface area (Å²) in [5, 5.41) is 0. The molecule has 0 saturated heterocycles. The Labute approximate surface area is 280 Å². The van der Waals surface area contributed by atoms with Gasteiger partial charge in [-0.25, -0.2) is 0 Å². The van der Waals surface area contributed by atoms with E-state index in [4.69, 9.17) is 11.1 Å². The number of rotatable bonds is 34. The second kappa shape index (κ2) is 33.1. The summed E-state index contributed by atoms with van der Waals surface area (Å²) >= 11 is 7.44. The molecule has 0 fully saturated rings. The van der Waals surface area contributed by atoms with Crippen LogP contribution in [0.5, 0.6) is 0 Å². The van der Waals surface area contributed by atoms with Crippen molar-refractivity contribution in [3.63, 3.8) is 0 Å². The highest BCUT2D eigenvalue weighted by Crippen LogP contribution is 2.29. The fourth-order valence-electron chi connectivity index (χ4n) is 6.84. The number of unbranched alkanes of at least 4 members (excludes halogenated alkanes) is 27. The summed E-state index contributed by atoms with van der Waals surface area (Å²) in [5.41, 5.74) is 0. The molecular formula is C38H81Cl2NSi. The molecular weight excluding hydrogens is 569 g/mol. The van der Waals surface area contributed by atoms with Crippen LogP contribution < -0.4 is 12.4 Å². The van der Waals surface area contributed by atoms with Crippen LogP contribution in [0.4, 0.5) is 0 Å². The summed E-state index contributed by atoms with van der Waals surface area (Å²) in [6.07, 6.45) is 42.9. The highest BCUT2D eigenvalue weighted by Gasteiger charge is 2.44. The topological polar surface area (TPSA) is 0 Å². The molecule has 0 aromatic heterocycles. The lowest BCUT2D eigenvalue weighted by Crippen LogP contribution is -3.00. The van der Waals surface area contributed by atoms with Gasteiger partial charge in [0.05, 0.1) is 19.6 Å². The first-order valence-electron chi connectivity index (χ1n) is 19.5. The first-order chi connectivity index (χ1) is 19.9. The van der Waals surface area contributed by atoms with Crippen molar-refractivity contribution in [2.24, 2.45) is 0 Å². The summed E-state index contributed by atoms with van der Waals surface area (Å²) in [4.78, 5) is 0. The third-order valence-electron chi connectivity index (χ3n) is 9.95. The van der Waals surface area contributed by atoms with Gasteiger partial charge in [0.1, 0.15) is 0 Å². The van der Waals surface area contributed by atoms with Crippen molar-refractivity contribution in [1.29, 1.82) is 0 Å². The Morgan fingerprint density at radius 1 is 0.333 bits per heavy atom. The third kappa shape index (κ3) is 27.1. The fourth-order valence-corrected chi connectivity index (χ4v) is 9.67. The van der Waals surface area contributed by atoms with Crippen molar-refractivity contribution in [3.05, 3.63) is 0 Å². The van der Waals surface area contributed by atoms with Crippen molar-refractivity contribution in [3.8, 4) is 0 Å². The van der Waals surface area contributed by atoms with E-state index in [1.807, 2.05) is 0 Å². The predicted octanol–water partition coefficient (Wildman–Crippen LogP) is 11.5. The molecule has 256 valence electrons. The zero-order valence-corrected chi connectivity index (χ0v) is 32.5. The lowest BCUT2D eigenvalue weighted by molar-refractivity contribution is -0.832. The van der Waals surface area contributed by atoms with Crippen LogP contribution in [-0.2, 0) is 0 Å². The number of hydrogen-bond donors (Lipinski definition) is 0. The number of nitrogens with zero attached hydrogens (tertiary/aromatic N) is 1. The van der Waals surface area contributed by atoms with Gasteiger partial charge in [0.25, 0.3) is 0 Å². The van der Waals surface area contributed by atoms with E-state index in [1.165, 1.54) is 216 Å². The molecule has 0 amide bonds. The van der Waals surface area contributed by atoms with E-state index in [0.29, 0.717) is 0 Å². The molecule has 0 radical (unpaired) electrons. The van der Waals surface area contributed by atoms with E-state index in [9.17, 15) is 0 Å². The average Bonchev–Trinajstić information content (AvgIpc) is 2.95. The van der Waals surface area contributed by atoms with Crippen LogP contribution in [0.2, 0.25) is 13.1 Å². The molecule has 0 rings (SSSR count). The number of quaternary nitrogens is 1. The zero-order chi connectivity index (χ0) is 30.3. The molecule has 0 aliphatic heterocycles. The lowest BCUT2D eigenvalue weighted by atomic mass is 10.1. The number of hydrogen-bond acceptors (Lipinski definition) is 0. The van der Waals surface area contributed by atoms with Gasteiger partial charge in [0.15, 0.2) is 0 Å². The second-order valence-electron chi connectivity index (χ2n) is 14.3. The Morgan fingerprint density at radius 3 is 0.667 bits per heavy atom. The molecule has 0 aromatic carbocycles. The lowest BCUT2D eigenvalue weighted by Gasteiger charge is -2.47. The molecule has 0 saturated carbocycles. The first kappa shape index (κ1) is 44.9. The molecule has 0 N–H and O–H groups in total. The summed E-state index contributed by atoms with van der Waals surface area (Å²) in [7, 11) is -1.81. The maximum absolute atomic E-state index is 7.44. The molecule has 0 spiro atoms. The van der Waals surface area contributed by atoms with E-state index in [-0.39, 0.29) is 12.4 Å². The highest BCUT2D eigenvalue weighted by molar-refractivity contribution is 7.14. The minimum absolute atomic E-state index is 0. The molecule has 42 heavy (non-hydrogen) atoms. The minimum Gasteiger partial charge on any atom is -1.00 e. The molecule has 4 heteroatoms. The summed E-state index contributed by atoms with van der Waals surface area (Å²) < 4.78 is 1.29. The Balaban J connectivity index is 0. The Hall–Kier alpha value is 0.757. The smallest absolute Gasteiger partial charge is 0.378 e. The third-order valence-corrected chi connectivity index (χ3v) is 13.9. The minimum atomic E-state index is -1.81. The average molecular weight is 651 g/mol. The molecule has 0 atom stereocenters. The maximum atomic E-state index is 7.44. The van der Waals surface area contributed by atoms with E-state index < -0.39 is 7.55 Å². The van der Waals surface area contributed by atoms with Gasteiger partial charge in [0, 0.05) is 0 Å². The standard InChI is InChI=1S/C38H81ClNSi.ClH/c1-6-9-12-15-18-21-24-27-30-33-36-40(41(4,5)39,37-34-31-28-25-22-19-16-13-10-7-2)38-35-32-29-26-23-20-17-14-11-8-3;/h6-38H2,1-5H3;1H/q+1;/p-1. The van der Waals surface area contributed by atoms with Gasteiger partial charge in [0.2, 0.25) is 0 Å². The van der Waals surface area contributed by atoms with Gasteiger partial charge < -0.3 is 16.6 Å². The van der Waals surface area contributed by atoms with Gasteiger partial charge >= 0.3 is 7.55 Å². The van der Waals surface area contributed by atoms with Gasteiger partial charge in [-0.05, 0) is 51.6 Å². The van der Waals surface area contributed by atoms with Crippen LogP contribution >= 0.6 is 11.1 Å². The zero-order valence-electron chi connectivity index (χ0n) is 30.0. The van der Waals surface area contributed by atoms with E-state index in [1.54, 1.807) is 0 Å². The van der Waals surface area contributed by atoms with Crippen LogP contribution in [0, 0.1) is 0 Å². The van der Waals surface area contributed by atoms with Crippen molar-refractivity contribution in [2.45, 2.75) is 226 Å². The molecule has 0 unspecified atom stereocenters. The molecule has 0 aliphatic carbocycles. The normalized spacial score (nSPS) is 12.1. The summed E-state index contributed by atoms with van der Waals surface area (Å²) in [5.74, 6) is 0. The monoisotopic (exact) mass is 650 g/mol. The van der Waals surface area contributed by atoms with Crippen LogP contribution in [0.3, 0.4) is 0 Å². The van der Waals surface area contributed by atoms with Gasteiger partial charge in [-0.2, -0.15) is 0 Å². The quantitative estimate of drug-likeness (QED) is 0.0369. The van der Waals surface area contributed by atoms with Crippen LogP contribution in [0.15, 0.2) is 0 Å². The van der Waals surface area contributed by atoms with Crippen LogP contribution in [-0.4, -0.2) is 31.3 Å². The van der Waals surface area contributed by atoms with Crippen LogP contribution in [0.25, 0.3) is 0 Å². The molecule has 1 nitrogen and oxygen atoms in total. The summed E-state index contributed by atoms with van der Waals surface area (Å²) in [6, 6.07) is 0. The Morgan fingerprint density at radius 2 is 0.500 bits per heavy atom. The van der Waals surface area contributed by atoms with E-state index in [0.717, 1.165) is 0 Å². The Bertz CT molecular complexity index is 448. The summed E-state index contributed by atoms with van der Waals surface area (Å²) in [6.45, 7) is 16.0. The SMILES string of the molecule is CCCCCCCCCCCC[N+](CCCCCCCCCCCC)(CCCCCCCCCCCC)[Si](C)(C)Cl.[Cl-]. The first-order valence-corrected chi connectivity index (χ1v) is 23.4. The largest absolute Gasteiger partial charge is 1.00 e. The van der Waals surface area contributed by atoms with Crippen molar-refractivity contribution < 1.29 is 16.6 Å². The van der Waals surface area contributed by atoms with Gasteiger partial charge in [-0.1, -0.05) is 186 Å². The highest BCUT2D eigenvalue weighted by atomic mass is 35.6. The molecule has 0 aliphatic rings. The van der Waals surface area contributed by atoms with E-state index in [2.05, 4.69) is 33.9 Å². The maximum Gasteiger partial charge on any atom is 0.378 e. The molecule has 0 bridgehead atoms. The van der Waals surface area contributed by atoms with Crippen LogP contribution in [0.1, 0.15) is 213 Å². The number of halogens is 2. The van der Waals surface area contributed by atoms with Crippen molar-refractivity contribution >= 4 is 18.6 Å². The van der Waals surface area contributed by atoms with Crippen molar-refractivity contribution in [1.82, 2.24) is 0 Å². The molecule has 0 heterocycles.